The second kappa shape index (κ2) is 5.13. The Morgan fingerprint density at radius 2 is 2.16 bits per heavy atom. The molecule has 0 saturated heterocycles. The van der Waals surface area contributed by atoms with E-state index in [0.29, 0.717) is 17.5 Å². The van der Waals surface area contributed by atoms with Crippen LogP contribution in [-0.4, -0.2) is 16.6 Å². The second-order valence-corrected chi connectivity index (χ2v) is 5.42. The summed E-state index contributed by atoms with van der Waals surface area (Å²) in [7, 11) is 0. The van der Waals surface area contributed by atoms with E-state index < -0.39 is 0 Å². The summed E-state index contributed by atoms with van der Waals surface area (Å²) in [5.74, 6) is 1.40. The van der Waals surface area contributed by atoms with Gasteiger partial charge in [0, 0.05) is 5.39 Å². The van der Waals surface area contributed by atoms with Gasteiger partial charge in [0.1, 0.15) is 4.99 Å². The van der Waals surface area contributed by atoms with Crippen LogP contribution in [0.1, 0.15) is 24.8 Å². The number of fused-ring (bicyclic) bond motifs is 1. The highest BCUT2D eigenvalue weighted by atomic mass is 32.1. The minimum atomic E-state index is 0.333. The van der Waals surface area contributed by atoms with Gasteiger partial charge in [0.05, 0.1) is 17.7 Å². The Bertz CT molecular complexity index is 623. The molecule has 3 rings (SSSR count). The number of para-hydroxylation sites is 1. The third kappa shape index (κ3) is 2.84. The van der Waals surface area contributed by atoms with E-state index >= 15 is 0 Å². The zero-order valence-corrected chi connectivity index (χ0v) is 11.5. The molecular weight excluding hydrogens is 256 g/mol. The molecule has 0 unspecified atom stereocenters. The molecule has 19 heavy (non-hydrogen) atoms. The molecule has 1 fully saturated rings. The van der Waals surface area contributed by atoms with Gasteiger partial charge in [-0.2, -0.15) is 0 Å². The van der Waals surface area contributed by atoms with Crippen LogP contribution in [-0.2, 0) is 0 Å². The number of hydrogen-bond acceptors (Lipinski definition) is 3. The van der Waals surface area contributed by atoms with Crippen molar-refractivity contribution in [2.45, 2.75) is 19.3 Å². The smallest absolute Gasteiger partial charge is 0.224 e. The molecule has 0 bridgehead atoms. The Morgan fingerprint density at radius 1 is 1.37 bits per heavy atom. The minimum absolute atomic E-state index is 0.333. The standard InChI is InChI=1S/C15H16N2OS/c16-14(19)12-9-11-3-1-2-4-13(11)17-15(12)18-8-7-10-5-6-10/h1-4,9-10H,5-8H2,(H2,16,19). The van der Waals surface area contributed by atoms with Gasteiger partial charge >= 0.3 is 0 Å². The predicted molar refractivity (Wildman–Crippen MR) is 80.5 cm³/mol. The van der Waals surface area contributed by atoms with Crippen molar-refractivity contribution in [2.75, 3.05) is 6.61 Å². The average Bonchev–Trinajstić information content (AvgIpc) is 3.22. The van der Waals surface area contributed by atoms with Gasteiger partial charge in [-0.05, 0) is 24.5 Å². The summed E-state index contributed by atoms with van der Waals surface area (Å²) in [6.07, 6.45) is 3.75. The quantitative estimate of drug-likeness (QED) is 0.850. The first kappa shape index (κ1) is 12.4. The van der Waals surface area contributed by atoms with Crippen molar-refractivity contribution in [3.05, 3.63) is 35.9 Å². The van der Waals surface area contributed by atoms with E-state index in [1.165, 1.54) is 12.8 Å². The van der Waals surface area contributed by atoms with Crippen LogP contribution in [0, 0.1) is 5.92 Å². The summed E-state index contributed by atoms with van der Waals surface area (Å²) in [5, 5.41) is 1.03. The third-order valence-electron chi connectivity index (χ3n) is 3.42. The molecule has 1 aliphatic rings. The maximum atomic E-state index is 5.78. The largest absolute Gasteiger partial charge is 0.477 e. The molecule has 0 atom stereocenters. The normalized spacial score (nSPS) is 14.5. The Hall–Kier alpha value is -1.68. The molecule has 1 heterocycles. The van der Waals surface area contributed by atoms with Crippen molar-refractivity contribution in [3.8, 4) is 5.88 Å². The van der Waals surface area contributed by atoms with Gasteiger partial charge in [0.2, 0.25) is 5.88 Å². The SMILES string of the molecule is NC(=S)c1cc2ccccc2nc1OCCC1CC1. The van der Waals surface area contributed by atoms with Gasteiger partial charge in [-0.25, -0.2) is 4.98 Å². The van der Waals surface area contributed by atoms with Crippen molar-refractivity contribution in [1.82, 2.24) is 4.98 Å². The number of rotatable bonds is 5. The van der Waals surface area contributed by atoms with Crippen molar-refractivity contribution < 1.29 is 4.74 Å². The molecule has 0 aliphatic heterocycles. The van der Waals surface area contributed by atoms with Gasteiger partial charge in [0.25, 0.3) is 0 Å². The predicted octanol–water partition coefficient (Wildman–Crippen LogP) is 3.05. The minimum Gasteiger partial charge on any atom is -0.477 e. The number of ether oxygens (including phenoxy) is 1. The molecule has 0 spiro atoms. The lowest BCUT2D eigenvalue weighted by Gasteiger charge is -2.10. The second-order valence-electron chi connectivity index (χ2n) is 4.98. The fourth-order valence-corrected chi connectivity index (χ4v) is 2.26. The van der Waals surface area contributed by atoms with Crippen molar-refractivity contribution in [3.63, 3.8) is 0 Å². The van der Waals surface area contributed by atoms with Gasteiger partial charge in [-0.3, -0.25) is 0 Å². The molecule has 2 aromatic rings. The number of aromatic nitrogens is 1. The third-order valence-corrected chi connectivity index (χ3v) is 3.64. The fraction of sp³-hybridized carbons (Fsp3) is 0.333. The number of nitrogens with zero attached hydrogens (tertiary/aromatic N) is 1. The Labute approximate surface area is 117 Å². The summed E-state index contributed by atoms with van der Waals surface area (Å²) in [4.78, 5) is 4.86. The highest BCUT2D eigenvalue weighted by Crippen LogP contribution is 2.32. The van der Waals surface area contributed by atoms with E-state index in [1.807, 2.05) is 30.3 Å². The lowest BCUT2D eigenvalue weighted by Crippen LogP contribution is -2.13. The van der Waals surface area contributed by atoms with Crippen LogP contribution < -0.4 is 10.5 Å². The van der Waals surface area contributed by atoms with E-state index in [1.54, 1.807) is 0 Å². The van der Waals surface area contributed by atoms with E-state index in [0.717, 1.165) is 28.8 Å². The molecule has 0 radical (unpaired) electrons. The van der Waals surface area contributed by atoms with Crippen molar-refractivity contribution in [2.24, 2.45) is 11.7 Å². The summed E-state index contributed by atoms with van der Waals surface area (Å²) < 4.78 is 5.78. The van der Waals surface area contributed by atoms with Gasteiger partial charge in [0.15, 0.2) is 0 Å². The highest BCUT2D eigenvalue weighted by Gasteiger charge is 2.21. The number of thiocarbonyl (C=S) groups is 1. The number of benzene rings is 1. The van der Waals surface area contributed by atoms with Gasteiger partial charge < -0.3 is 10.5 Å². The molecule has 4 heteroatoms. The molecular formula is C15H16N2OS. The molecule has 2 N–H and O–H groups in total. The maximum Gasteiger partial charge on any atom is 0.224 e. The maximum absolute atomic E-state index is 5.78. The lowest BCUT2D eigenvalue weighted by atomic mass is 10.1. The molecule has 0 amide bonds. The zero-order valence-electron chi connectivity index (χ0n) is 10.6. The molecule has 1 aromatic carbocycles. The van der Waals surface area contributed by atoms with E-state index in [2.05, 4.69) is 4.98 Å². The van der Waals surface area contributed by atoms with Crippen LogP contribution in [0.15, 0.2) is 30.3 Å². The van der Waals surface area contributed by atoms with Crippen LogP contribution >= 0.6 is 12.2 Å². The number of hydrogen-bond donors (Lipinski definition) is 1. The molecule has 1 aliphatic carbocycles. The van der Waals surface area contributed by atoms with E-state index in [9.17, 15) is 0 Å². The van der Waals surface area contributed by atoms with Crippen molar-refractivity contribution >= 4 is 28.1 Å². The summed E-state index contributed by atoms with van der Waals surface area (Å²) >= 11 is 5.08. The summed E-state index contributed by atoms with van der Waals surface area (Å²) in [5.41, 5.74) is 7.39. The first-order valence-electron chi connectivity index (χ1n) is 6.56. The molecule has 1 saturated carbocycles. The van der Waals surface area contributed by atoms with E-state index in [4.69, 9.17) is 22.7 Å². The number of pyridine rings is 1. The number of nitrogens with two attached hydrogens (primary N) is 1. The fourth-order valence-electron chi connectivity index (χ4n) is 2.11. The zero-order chi connectivity index (χ0) is 13.2. The topological polar surface area (TPSA) is 48.1 Å². The first-order valence-corrected chi connectivity index (χ1v) is 6.97. The van der Waals surface area contributed by atoms with E-state index in [-0.39, 0.29) is 0 Å². The lowest BCUT2D eigenvalue weighted by molar-refractivity contribution is 0.292. The van der Waals surface area contributed by atoms with Crippen LogP contribution in [0.5, 0.6) is 5.88 Å². The highest BCUT2D eigenvalue weighted by molar-refractivity contribution is 7.80. The van der Waals surface area contributed by atoms with Gasteiger partial charge in [-0.1, -0.05) is 43.3 Å². The Kier molecular flexibility index (Phi) is 3.34. The summed E-state index contributed by atoms with van der Waals surface area (Å²) in [6.45, 7) is 0.686. The van der Waals surface area contributed by atoms with Gasteiger partial charge in [-0.15, -0.1) is 0 Å². The Morgan fingerprint density at radius 3 is 2.89 bits per heavy atom. The van der Waals surface area contributed by atoms with Crippen molar-refractivity contribution in [1.29, 1.82) is 0 Å². The first-order chi connectivity index (χ1) is 9.24. The summed E-state index contributed by atoms with van der Waals surface area (Å²) in [6, 6.07) is 9.85. The molecule has 98 valence electrons. The monoisotopic (exact) mass is 272 g/mol. The van der Waals surface area contributed by atoms with Crippen LogP contribution in [0.3, 0.4) is 0 Å². The Balaban J connectivity index is 1.89. The van der Waals surface area contributed by atoms with Crippen LogP contribution in [0.4, 0.5) is 0 Å². The molecule has 1 aromatic heterocycles. The molecule has 3 nitrogen and oxygen atoms in total. The van der Waals surface area contributed by atoms with Crippen LogP contribution in [0.2, 0.25) is 0 Å². The van der Waals surface area contributed by atoms with Crippen LogP contribution in [0.25, 0.3) is 10.9 Å². The average molecular weight is 272 g/mol.